The molecule has 0 atom stereocenters. The molecule has 1 nitrogen and oxygen atoms in total. The molecular weight excluding hydrogens is 771 g/mol. The zero-order chi connectivity index (χ0) is 42.2. The average molecular weight is 812 g/mol. The van der Waals surface area contributed by atoms with Gasteiger partial charge < -0.3 is 4.90 Å². The minimum atomic E-state index is -0.512. The topological polar surface area (TPSA) is 3.24 Å². The highest BCUT2D eigenvalue weighted by molar-refractivity contribution is 6.15. The van der Waals surface area contributed by atoms with E-state index in [2.05, 4.69) is 254 Å². The zero-order valence-corrected chi connectivity index (χ0v) is 35.1. The number of hydrogen-bond donors (Lipinski definition) is 0. The SMILES string of the molecule is c1ccc(-c2ccc(N(c3cccc4c3-c3ccccc3C4(c3ccccc3)c3ccccc3)c3cccc4cc5c(cc34)-c3cc4cc(-c6ccccc6)ccc4cc3-5)cc2)cc1. The molecule has 0 aliphatic heterocycles. The van der Waals surface area contributed by atoms with Crippen LogP contribution in [0.15, 0.2) is 249 Å². The van der Waals surface area contributed by atoms with E-state index in [1.807, 2.05) is 0 Å². The van der Waals surface area contributed by atoms with Gasteiger partial charge in [-0.3, -0.25) is 0 Å². The number of fused-ring (bicyclic) bond motifs is 9. The van der Waals surface area contributed by atoms with Crippen molar-refractivity contribution in [2.24, 2.45) is 0 Å². The second kappa shape index (κ2) is 14.4. The zero-order valence-electron chi connectivity index (χ0n) is 35.1. The lowest BCUT2D eigenvalue weighted by Crippen LogP contribution is -2.28. The van der Waals surface area contributed by atoms with Crippen LogP contribution in [0, 0.1) is 0 Å². The Morgan fingerprint density at radius 3 is 1.47 bits per heavy atom. The lowest BCUT2D eigenvalue weighted by Gasteiger charge is -2.34. The summed E-state index contributed by atoms with van der Waals surface area (Å²) in [6.07, 6.45) is 0. The molecule has 0 amide bonds. The molecule has 2 aliphatic rings. The number of hydrogen-bond acceptors (Lipinski definition) is 1. The van der Waals surface area contributed by atoms with Crippen molar-refractivity contribution < 1.29 is 0 Å². The third kappa shape index (κ3) is 5.44. The highest BCUT2D eigenvalue weighted by atomic mass is 15.1. The van der Waals surface area contributed by atoms with Crippen molar-refractivity contribution in [3.63, 3.8) is 0 Å². The predicted octanol–water partition coefficient (Wildman–Crippen LogP) is 16.8. The minimum Gasteiger partial charge on any atom is -0.309 e. The fourth-order valence-corrected chi connectivity index (χ4v) is 10.9. The molecule has 64 heavy (non-hydrogen) atoms. The van der Waals surface area contributed by atoms with Gasteiger partial charge in [0.05, 0.1) is 16.8 Å². The van der Waals surface area contributed by atoms with Crippen LogP contribution >= 0.6 is 0 Å². The van der Waals surface area contributed by atoms with Crippen LogP contribution in [0.5, 0.6) is 0 Å². The van der Waals surface area contributed by atoms with Gasteiger partial charge in [-0.2, -0.15) is 0 Å². The standard InChI is InChI=1S/C63H41N/c1-5-17-42(18-6-1)44-33-35-51(36-34-44)64(61-30-16-28-59-62(61)52-26-13-14-27-58(52)63(59,49-22-9-3-10-23-49)50-24-11-4-12-25-50)60-29-15-21-47-39-55-54-38-46-32-31-45(43-19-7-2-8-20-43)37-48(46)40-56(54)57(55)41-53(47)60/h1-41H. The Morgan fingerprint density at radius 2 is 0.781 bits per heavy atom. The van der Waals surface area contributed by atoms with E-state index in [0.717, 1.165) is 17.1 Å². The maximum Gasteiger partial charge on any atom is 0.0714 e. The van der Waals surface area contributed by atoms with Crippen molar-refractivity contribution in [3.8, 4) is 55.6 Å². The van der Waals surface area contributed by atoms with E-state index in [0.29, 0.717) is 0 Å². The molecule has 11 aromatic rings. The highest BCUT2D eigenvalue weighted by Crippen LogP contribution is 2.60. The first-order valence-electron chi connectivity index (χ1n) is 22.2. The van der Waals surface area contributed by atoms with Gasteiger partial charge in [0.2, 0.25) is 0 Å². The smallest absolute Gasteiger partial charge is 0.0714 e. The molecule has 0 heterocycles. The Bertz CT molecular complexity index is 3530. The van der Waals surface area contributed by atoms with E-state index in [-0.39, 0.29) is 0 Å². The Hall–Kier alpha value is -8.26. The largest absolute Gasteiger partial charge is 0.309 e. The van der Waals surface area contributed by atoms with E-state index in [1.165, 1.54) is 99.4 Å². The van der Waals surface area contributed by atoms with Crippen LogP contribution in [0.3, 0.4) is 0 Å². The monoisotopic (exact) mass is 811 g/mol. The molecule has 0 radical (unpaired) electrons. The molecule has 0 N–H and O–H groups in total. The first-order chi connectivity index (χ1) is 31.7. The summed E-state index contributed by atoms with van der Waals surface area (Å²) < 4.78 is 0. The van der Waals surface area contributed by atoms with Crippen LogP contribution in [0.1, 0.15) is 22.3 Å². The highest BCUT2D eigenvalue weighted by Gasteiger charge is 2.47. The van der Waals surface area contributed by atoms with Crippen molar-refractivity contribution in [1.29, 1.82) is 0 Å². The second-order valence-electron chi connectivity index (χ2n) is 17.2. The molecule has 0 unspecified atom stereocenters. The van der Waals surface area contributed by atoms with E-state index in [4.69, 9.17) is 0 Å². The molecule has 0 fully saturated rings. The van der Waals surface area contributed by atoms with E-state index >= 15 is 0 Å². The summed E-state index contributed by atoms with van der Waals surface area (Å²) in [5.74, 6) is 0. The maximum absolute atomic E-state index is 2.53. The van der Waals surface area contributed by atoms with Gasteiger partial charge in [0.25, 0.3) is 0 Å². The fourth-order valence-electron chi connectivity index (χ4n) is 10.9. The molecular formula is C63H41N. The van der Waals surface area contributed by atoms with E-state index in [9.17, 15) is 0 Å². The third-order valence-corrected chi connectivity index (χ3v) is 13.8. The van der Waals surface area contributed by atoms with Crippen molar-refractivity contribution in [3.05, 3.63) is 271 Å². The molecule has 0 spiro atoms. The first-order valence-corrected chi connectivity index (χ1v) is 22.2. The Labute approximate surface area is 373 Å². The molecule has 298 valence electrons. The lowest BCUT2D eigenvalue weighted by molar-refractivity contribution is 0.768. The van der Waals surface area contributed by atoms with Crippen molar-refractivity contribution in [1.82, 2.24) is 0 Å². The van der Waals surface area contributed by atoms with Crippen molar-refractivity contribution in [2.45, 2.75) is 5.41 Å². The second-order valence-corrected chi connectivity index (χ2v) is 17.2. The van der Waals surface area contributed by atoms with Gasteiger partial charge in [0.1, 0.15) is 0 Å². The average Bonchev–Trinajstić information content (AvgIpc) is 3.68. The Balaban J connectivity index is 1.04. The van der Waals surface area contributed by atoms with Crippen LogP contribution in [0.4, 0.5) is 17.1 Å². The van der Waals surface area contributed by atoms with Crippen LogP contribution < -0.4 is 4.90 Å². The number of anilines is 3. The number of nitrogens with zero attached hydrogens (tertiary/aromatic N) is 1. The van der Waals surface area contributed by atoms with Gasteiger partial charge in [-0.05, 0) is 143 Å². The van der Waals surface area contributed by atoms with E-state index in [1.54, 1.807) is 0 Å². The molecule has 2 aliphatic carbocycles. The van der Waals surface area contributed by atoms with Gasteiger partial charge >= 0.3 is 0 Å². The van der Waals surface area contributed by atoms with Crippen molar-refractivity contribution >= 4 is 38.6 Å². The summed E-state index contributed by atoms with van der Waals surface area (Å²) in [7, 11) is 0. The summed E-state index contributed by atoms with van der Waals surface area (Å²) in [5, 5.41) is 4.98. The molecule has 13 rings (SSSR count). The van der Waals surface area contributed by atoms with Crippen LogP contribution in [-0.4, -0.2) is 0 Å². The first kappa shape index (κ1) is 36.4. The minimum absolute atomic E-state index is 0.512. The third-order valence-electron chi connectivity index (χ3n) is 13.8. The van der Waals surface area contributed by atoms with Gasteiger partial charge in [-0.25, -0.2) is 0 Å². The van der Waals surface area contributed by atoms with Gasteiger partial charge in [0.15, 0.2) is 0 Å². The van der Waals surface area contributed by atoms with Crippen LogP contribution in [0.2, 0.25) is 0 Å². The fraction of sp³-hybridized carbons (Fsp3) is 0.0159. The van der Waals surface area contributed by atoms with Crippen LogP contribution in [0.25, 0.3) is 77.2 Å². The van der Waals surface area contributed by atoms with Gasteiger partial charge in [-0.1, -0.05) is 194 Å². The van der Waals surface area contributed by atoms with Crippen molar-refractivity contribution in [2.75, 3.05) is 4.90 Å². The molecule has 0 saturated heterocycles. The van der Waals surface area contributed by atoms with E-state index < -0.39 is 5.41 Å². The Morgan fingerprint density at radius 1 is 0.281 bits per heavy atom. The predicted molar refractivity (Wildman–Crippen MR) is 269 cm³/mol. The normalized spacial score (nSPS) is 12.8. The maximum atomic E-state index is 2.53. The molecule has 1 heteroatoms. The molecule has 0 saturated carbocycles. The number of rotatable bonds is 7. The molecule has 0 bridgehead atoms. The summed E-state index contributed by atoms with van der Waals surface area (Å²) in [6, 6.07) is 92.1. The summed E-state index contributed by atoms with van der Waals surface area (Å²) in [5.41, 5.74) is 20.6. The van der Waals surface area contributed by atoms with Gasteiger partial charge in [-0.15, -0.1) is 0 Å². The van der Waals surface area contributed by atoms with Gasteiger partial charge in [0, 0.05) is 16.6 Å². The summed E-state index contributed by atoms with van der Waals surface area (Å²) in [4.78, 5) is 2.53. The quantitative estimate of drug-likeness (QED) is 0.155. The molecule has 0 aromatic heterocycles. The Kier molecular flexibility index (Phi) is 8.20. The summed E-state index contributed by atoms with van der Waals surface area (Å²) in [6.45, 7) is 0. The van der Waals surface area contributed by atoms with Crippen LogP contribution in [-0.2, 0) is 5.41 Å². The number of benzene rings is 11. The molecule has 11 aromatic carbocycles. The lowest BCUT2D eigenvalue weighted by atomic mass is 9.68. The summed E-state index contributed by atoms with van der Waals surface area (Å²) >= 11 is 0.